The van der Waals surface area contributed by atoms with Gasteiger partial charge in [0, 0.05) is 68.3 Å². The van der Waals surface area contributed by atoms with E-state index in [-0.39, 0.29) is 37.7 Å². The van der Waals surface area contributed by atoms with Crippen LogP contribution in [0.1, 0.15) is 112 Å². The van der Waals surface area contributed by atoms with Gasteiger partial charge in [0.2, 0.25) is 0 Å². The van der Waals surface area contributed by atoms with Crippen LogP contribution < -0.4 is 5.32 Å². The molecule has 2 saturated heterocycles. The molecule has 1 spiro atoms. The lowest BCUT2D eigenvalue weighted by Gasteiger charge is -2.50. The molecule has 8 N–H and O–H groups in total. The molecule has 1 amide bonds. The van der Waals surface area contributed by atoms with Gasteiger partial charge in [-0.15, -0.1) is 0 Å². The van der Waals surface area contributed by atoms with Crippen molar-refractivity contribution < 1.29 is 72.6 Å². The van der Waals surface area contributed by atoms with Crippen molar-refractivity contribution in [3.05, 3.63) is 71.0 Å². The number of nitriles is 1. The normalized spacial score (nSPS) is 27.8. The van der Waals surface area contributed by atoms with E-state index >= 15 is 0 Å². The van der Waals surface area contributed by atoms with E-state index in [1.165, 1.54) is 26.6 Å². The molecule has 0 aliphatic carbocycles. The second-order valence-electron chi connectivity index (χ2n) is 20.4. The Balaban J connectivity index is 1.76. The highest BCUT2D eigenvalue weighted by Gasteiger charge is 2.68. The van der Waals surface area contributed by atoms with Crippen LogP contribution in [0.3, 0.4) is 0 Å². The largest absolute Gasteiger partial charge is 0.469 e. The highest BCUT2D eigenvalue weighted by atomic mass is 31.2. The Morgan fingerprint density at radius 2 is 1.72 bits per heavy atom. The van der Waals surface area contributed by atoms with Crippen molar-refractivity contribution in [2.24, 2.45) is 23.2 Å². The number of phosphoric ester groups is 1. The molecular formula is C51H83N4O15P. The monoisotopic (exact) mass is 1020 g/mol. The Bertz CT molecular complexity index is 2110. The van der Waals surface area contributed by atoms with E-state index in [9.17, 15) is 44.7 Å². The van der Waals surface area contributed by atoms with Gasteiger partial charge in [0.15, 0.2) is 17.8 Å². The van der Waals surface area contributed by atoms with E-state index in [0.717, 1.165) is 16.7 Å². The minimum absolute atomic E-state index is 0.0661. The van der Waals surface area contributed by atoms with Gasteiger partial charge < -0.3 is 68.9 Å². The molecule has 20 heteroatoms. The molecule has 2 fully saturated rings. The summed E-state index contributed by atoms with van der Waals surface area (Å²) in [4.78, 5) is 39.5. The number of aliphatic hydroxyl groups excluding tert-OH is 5. The maximum atomic E-state index is 12.8. The quantitative estimate of drug-likeness (QED) is 0.0341. The Labute approximate surface area is 420 Å². The molecule has 0 bridgehead atoms. The molecule has 19 nitrogen and oxygen atoms in total. The number of nitrogens with zero attached hydrogens (tertiary/aromatic N) is 3. The fourth-order valence-corrected chi connectivity index (χ4v) is 10.0. The van der Waals surface area contributed by atoms with Crippen molar-refractivity contribution in [3.8, 4) is 6.07 Å². The third kappa shape index (κ3) is 16.8. The number of phosphoric acid groups is 1. The number of amides is 1. The lowest BCUT2D eigenvalue weighted by Crippen LogP contribution is -2.58. The minimum Gasteiger partial charge on any atom is -0.448 e. The molecule has 0 aromatic carbocycles. The molecule has 2 aliphatic rings. The molecule has 2 aliphatic heterocycles. The van der Waals surface area contributed by atoms with Gasteiger partial charge in [0.1, 0.15) is 30.3 Å². The molecule has 3 rings (SSSR count). The zero-order valence-corrected chi connectivity index (χ0v) is 44.9. The van der Waals surface area contributed by atoms with Crippen molar-refractivity contribution in [2.75, 3.05) is 34.9 Å². The average molecular weight is 1020 g/mol. The SMILES string of the molecule is COCC([C@@H](O)[C@@H](O)C(=O)N[C@@H](C)C[C@@H](C)c1nc(/C=C/C[C@H]2OC3(C[C@H](O)[C@H]2C)O[C@@H]([C@@H](C[C@@H](O)[C@@H](C)[C@@H](O)[C@@H](C)/C=C(C)/C(C)=C/C=C/C(C)=C/C#N)OC)[C@@H](OP(=O)(O)O)C3(C)C)co1)N(C)C. The smallest absolute Gasteiger partial charge is 0.448 e. The van der Waals surface area contributed by atoms with Crippen LogP contribution in [-0.2, 0) is 32.8 Å². The van der Waals surface area contributed by atoms with E-state index in [4.69, 9.17) is 33.2 Å². The molecular weight excluding hydrogens is 940 g/mol. The summed E-state index contributed by atoms with van der Waals surface area (Å²) in [6.45, 7) is 18.2. The molecule has 3 heterocycles. The molecule has 0 saturated carbocycles. The number of carbonyl (C=O) groups is 1. The number of likely N-dealkylation sites (N-methyl/N-ethyl adjacent to an activating group) is 1. The van der Waals surface area contributed by atoms with Gasteiger partial charge in [-0.2, -0.15) is 5.26 Å². The van der Waals surface area contributed by atoms with E-state index < -0.39 is 104 Å². The number of aliphatic hydroxyl groups is 5. The summed E-state index contributed by atoms with van der Waals surface area (Å²) in [6.07, 6.45) is 4.05. The Hall–Kier alpha value is -3.42. The summed E-state index contributed by atoms with van der Waals surface area (Å²) in [5, 5.41) is 67.4. The number of aromatic nitrogens is 1. The van der Waals surface area contributed by atoms with Crippen LogP contribution in [0.2, 0.25) is 0 Å². The van der Waals surface area contributed by atoms with Crippen molar-refractivity contribution in [2.45, 2.75) is 174 Å². The zero-order valence-electron chi connectivity index (χ0n) is 44.0. The topological polar surface area (TPSA) is 287 Å². The second-order valence-corrected chi connectivity index (χ2v) is 21.6. The van der Waals surface area contributed by atoms with Gasteiger partial charge in [0.05, 0.1) is 49.2 Å². The third-order valence-corrected chi connectivity index (χ3v) is 14.7. The lowest BCUT2D eigenvalue weighted by atomic mass is 9.72. The number of rotatable bonds is 26. The van der Waals surface area contributed by atoms with Crippen LogP contribution in [-0.4, -0.2) is 159 Å². The maximum Gasteiger partial charge on any atom is 0.469 e. The maximum absolute atomic E-state index is 12.8. The number of oxazole rings is 1. The first-order valence-corrected chi connectivity index (χ1v) is 25.8. The van der Waals surface area contributed by atoms with Crippen molar-refractivity contribution in [3.63, 3.8) is 0 Å². The van der Waals surface area contributed by atoms with Crippen molar-refractivity contribution >= 4 is 19.8 Å². The van der Waals surface area contributed by atoms with Gasteiger partial charge in [-0.05, 0) is 71.9 Å². The molecule has 2 unspecified atom stereocenters. The number of ether oxygens (including phenoxy) is 4. The van der Waals surface area contributed by atoms with Crippen LogP contribution in [0, 0.1) is 34.5 Å². The number of allylic oxidation sites excluding steroid dienone is 7. The molecule has 0 radical (unpaired) electrons. The van der Waals surface area contributed by atoms with Crippen LogP contribution >= 0.6 is 7.82 Å². The lowest BCUT2D eigenvalue weighted by molar-refractivity contribution is -0.334. The van der Waals surface area contributed by atoms with E-state index in [0.29, 0.717) is 18.0 Å². The zero-order chi connectivity index (χ0) is 53.8. The minimum atomic E-state index is -5.16. The predicted octanol–water partition coefficient (Wildman–Crippen LogP) is 5.08. The average Bonchev–Trinajstić information content (AvgIpc) is 3.84. The summed E-state index contributed by atoms with van der Waals surface area (Å²) in [7, 11) is 1.13. The first-order chi connectivity index (χ1) is 33.0. The summed E-state index contributed by atoms with van der Waals surface area (Å²) >= 11 is 0. The van der Waals surface area contributed by atoms with E-state index in [2.05, 4.69) is 10.3 Å². The van der Waals surface area contributed by atoms with E-state index in [1.807, 2.05) is 78.0 Å². The fourth-order valence-electron chi connectivity index (χ4n) is 9.34. The standard InChI is InChI=1S/C51H83N4O15P/c1-29(21-22-52)17-15-18-30(2)31(3)23-32(4)43(58)36(8)39(56)25-42(66-14)46-47(70-71(62,63)64)50(9,10)51(69-46)26-40(57)35(7)41(68-51)20-16-19-37-27-67-49(54-37)33(5)24-34(6)53-48(61)45(60)44(59)38(28-65-13)55(11)12/h15-19,21,23,27,32-36,38-47,56-60H,20,24-26,28H2,1-14H3,(H,53,61)(H2,62,63,64)/b17-15+,19-16+,29-21+,30-18+,31-23+/t32-,33+,34-,35+,36+,38?,39+,40-,41+,42+,43-,44+,45+,46-,47+,51?/m0/s1. The highest BCUT2D eigenvalue weighted by Crippen LogP contribution is 2.59. The second kappa shape index (κ2) is 27.2. The molecule has 402 valence electrons. The number of methoxy groups -OCH3 is 2. The van der Waals surface area contributed by atoms with Crippen LogP contribution in [0.4, 0.5) is 0 Å². The Kier molecular flexibility index (Phi) is 23.7. The van der Waals surface area contributed by atoms with Gasteiger partial charge >= 0.3 is 7.82 Å². The van der Waals surface area contributed by atoms with Crippen LogP contribution in [0.15, 0.2) is 63.9 Å². The first-order valence-electron chi connectivity index (χ1n) is 24.2. The number of carbonyl (C=O) groups excluding carboxylic acids is 1. The van der Waals surface area contributed by atoms with Crippen LogP contribution in [0.5, 0.6) is 0 Å². The predicted molar refractivity (Wildman–Crippen MR) is 267 cm³/mol. The van der Waals surface area contributed by atoms with Crippen molar-refractivity contribution in [1.82, 2.24) is 15.2 Å². The fraction of sp³-hybridized carbons (Fsp3) is 0.706. The van der Waals surface area contributed by atoms with Crippen molar-refractivity contribution in [1.29, 1.82) is 5.26 Å². The first kappa shape index (κ1) is 61.9. The number of hydrogen-bond acceptors (Lipinski definition) is 16. The summed E-state index contributed by atoms with van der Waals surface area (Å²) in [5.74, 6) is -3.67. The summed E-state index contributed by atoms with van der Waals surface area (Å²) in [5.41, 5.74) is 1.87. The summed E-state index contributed by atoms with van der Waals surface area (Å²) in [6, 6.07) is 0.980. The molecule has 71 heavy (non-hydrogen) atoms. The van der Waals surface area contributed by atoms with E-state index in [1.54, 1.807) is 52.8 Å². The Morgan fingerprint density at radius 1 is 1.06 bits per heavy atom. The number of nitrogens with one attached hydrogen (secondary N) is 1. The molecule has 1 aromatic rings. The van der Waals surface area contributed by atoms with Gasteiger partial charge in [-0.1, -0.05) is 77.5 Å². The summed E-state index contributed by atoms with van der Waals surface area (Å²) < 4.78 is 48.3. The molecule has 1 aromatic heterocycles. The van der Waals surface area contributed by atoms with Gasteiger partial charge in [0.25, 0.3) is 5.91 Å². The van der Waals surface area contributed by atoms with Gasteiger partial charge in [-0.25, -0.2) is 9.55 Å². The number of hydrogen-bond donors (Lipinski definition) is 8. The van der Waals surface area contributed by atoms with Crippen LogP contribution in [0.25, 0.3) is 6.08 Å². The third-order valence-electron chi connectivity index (χ3n) is 14.2. The van der Waals surface area contributed by atoms with Gasteiger partial charge in [-0.3, -0.25) is 9.32 Å². The Morgan fingerprint density at radius 3 is 2.31 bits per heavy atom. The molecule has 16 atom stereocenters. The highest BCUT2D eigenvalue weighted by molar-refractivity contribution is 7.46.